The Morgan fingerprint density at radius 3 is 2.35 bits per heavy atom. The van der Waals surface area contributed by atoms with Crippen LogP contribution in [0.1, 0.15) is 34.8 Å². The molecule has 26 heavy (non-hydrogen) atoms. The van der Waals surface area contributed by atoms with Crippen LogP contribution in [0.25, 0.3) is 0 Å². The van der Waals surface area contributed by atoms with Crippen molar-refractivity contribution in [2.24, 2.45) is 0 Å². The molecule has 0 saturated heterocycles. The number of ether oxygens (including phenoxy) is 1. The Balaban J connectivity index is 2.37. The summed E-state index contributed by atoms with van der Waals surface area (Å²) in [4.78, 5) is 14.0. The molecule has 0 bridgehead atoms. The Bertz CT molecular complexity index is 891. The topological polar surface area (TPSA) is 85.4 Å². The van der Waals surface area contributed by atoms with Crippen molar-refractivity contribution in [3.63, 3.8) is 0 Å². The van der Waals surface area contributed by atoms with E-state index >= 15 is 0 Å². The fourth-order valence-corrected chi connectivity index (χ4v) is 4.08. The van der Waals surface area contributed by atoms with Crippen LogP contribution in [0.15, 0.2) is 29.2 Å². The molecule has 2 rings (SSSR count). The maximum atomic E-state index is 13.1. The van der Waals surface area contributed by atoms with Crippen LogP contribution in [0.3, 0.4) is 0 Å². The molecule has 6 nitrogen and oxygen atoms in total. The van der Waals surface area contributed by atoms with E-state index in [1.165, 1.54) is 19.1 Å². The summed E-state index contributed by atoms with van der Waals surface area (Å²) < 4.78 is 70.4. The SMILES string of the molecule is CCOC(=O)c1sc(NS(=O)(=O)c2ccc(CC)cc2)nc1C(F)(F)F. The number of halogens is 3. The Labute approximate surface area is 152 Å². The molecule has 0 radical (unpaired) electrons. The number of carbonyl (C=O) groups is 1. The molecule has 0 spiro atoms. The fourth-order valence-electron chi connectivity index (χ4n) is 1.97. The van der Waals surface area contributed by atoms with E-state index in [9.17, 15) is 26.4 Å². The van der Waals surface area contributed by atoms with Gasteiger partial charge in [0.05, 0.1) is 11.5 Å². The van der Waals surface area contributed by atoms with Gasteiger partial charge in [0.2, 0.25) is 0 Å². The zero-order chi connectivity index (χ0) is 19.5. The molecule has 0 atom stereocenters. The number of carbonyl (C=O) groups excluding carboxylic acids is 1. The molecule has 0 amide bonds. The Hall–Kier alpha value is -2.14. The van der Waals surface area contributed by atoms with E-state index in [-0.39, 0.29) is 22.8 Å². The average Bonchev–Trinajstić information content (AvgIpc) is 2.99. The maximum absolute atomic E-state index is 13.1. The highest BCUT2D eigenvalue weighted by atomic mass is 32.2. The van der Waals surface area contributed by atoms with Crippen LogP contribution in [0, 0.1) is 0 Å². The largest absolute Gasteiger partial charge is 0.462 e. The molecule has 0 aliphatic heterocycles. The number of aryl methyl sites for hydroxylation is 1. The number of aromatic nitrogens is 1. The average molecular weight is 408 g/mol. The van der Waals surface area contributed by atoms with Crippen molar-refractivity contribution < 1.29 is 31.1 Å². The van der Waals surface area contributed by atoms with Gasteiger partial charge in [-0.15, -0.1) is 0 Å². The Kier molecular flexibility index (Phi) is 5.91. The normalized spacial score (nSPS) is 12.0. The summed E-state index contributed by atoms with van der Waals surface area (Å²) in [6.07, 6.45) is -4.22. The van der Waals surface area contributed by atoms with Gasteiger partial charge < -0.3 is 4.74 Å². The molecule has 0 aliphatic rings. The number of sulfonamides is 1. The third-order valence-electron chi connectivity index (χ3n) is 3.22. The van der Waals surface area contributed by atoms with Crippen LogP contribution in [-0.4, -0.2) is 26.0 Å². The van der Waals surface area contributed by atoms with Gasteiger partial charge in [-0.1, -0.05) is 30.4 Å². The van der Waals surface area contributed by atoms with Crippen molar-refractivity contribution in [1.82, 2.24) is 4.98 Å². The minimum atomic E-state index is -4.93. The van der Waals surface area contributed by atoms with Gasteiger partial charge in [-0.05, 0) is 31.0 Å². The highest BCUT2D eigenvalue weighted by Crippen LogP contribution is 2.37. The number of nitrogens with one attached hydrogen (secondary N) is 1. The van der Waals surface area contributed by atoms with E-state index in [1.54, 1.807) is 12.1 Å². The third-order valence-corrected chi connectivity index (χ3v) is 5.65. The summed E-state index contributed by atoms with van der Waals surface area (Å²) in [5, 5.41) is -0.569. The van der Waals surface area contributed by atoms with E-state index in [2.05, 4.69) is 9.72 Å². The zero-order valence-corrected chi connectivity index (χ0v) is 15.4. The minimum absolute atomic E-state index is 0.126. The number of rotatable bonds is 6. The highest BCUT2D eigenvalue weighted by molar-refractivity contribution is 7.93. The molecular weight excluding hydrogens is 393 g/mol. The van der Waals surface area contributed by atoms with E-state index in [4.69, 9.17) is 0 Å². The van der Waals surface area contributed by atoms with Crippen molar-refractivity contribution in [3.05, 3.63) is 40.4 Å². The van der Waals surface area contributed by atoms with Gasteiger partial charge in [0.25, 0.3) is 10.0 Å². The lowest BCUT2D eigenvalue weighted by molar-refractivity contribution is -0.141. The van der Waals surface area contributed by atoms with E-state index in [0.29, 0.717) is 6.42 Å². The van der Waals surface area contributed by atoms with Gasteiger partial charge >= 0.3 is 12.1 Å². The number of alkyl halides is 3. The number of hydrogen-bond acceptors (Lipinski definition) is 6. The van der Waals surface area contributed by atoms with E-state index in [1.807, 2.05) is 11.6 Å². The number of thiazole rings is 1. The van der Waals surface area contributed by atoms with Crippen LogP contribution < -0.4 is 4.72 Å². The van der Waals surface area contributed by atoms with Crippen molar-refractivity contribution in [3.8, 4) is 0 Å². The van der Waals surface area contributed by atoms with Crippen molar-refractivity contribution >= 4 is 32.5 Å². The predicted octanol–water partition coefficient (Wildman–Crippen LogP) is 3.70. The van der Waals surface area contributed by atoms with Gasteiger partial charge in [0.15, 0.2) is 10.8 Å². The van der Waals surface area contributed by atoms with Crippen molar-refractivity contribution in [2.45, 2.75) is 31.3 Å². The van der Waals surface area contributed by atoms with Crippen LogP contribution in [0.2, 0.25) is 0 Å². The van der Waals surface area contributed by atoms with Gasteiger partial charge in [-0.25, -0.2) is 18.2 Å². The van der Waals surface area contributed by atoms with Crippen LogP contribution in [0.4, 0.5) is 18.3 Å². The maximum Gasteiger partial charge on any atom is 0.435 e. The third kappa shape index (κ3) is 4.52. The number of hydrogen-bond donors (Lipinski definition) is 1. The number of nitrogens with zero attached hydrogens (tertiary/aromatic N) is 1. The van der Waals surface area contributed by atoms with Crippen LogP contribution in [0.5, 0.6) is 0 Å². The molecule has 1 N–H and O–H groups in total. The lowest BCUT2D eigenvalue weighted by Gasteiger charge is -2.06. The van der Waals surface area contributed by atoms with Gasteiger partial charge in [-0.2, -0.15) is 13.2 Å². The second kappa shape index (κ2) is 7.62. The second-order valence-electron chi connectivity index (χ2n) is 5.02. The summed E-state index contributed by atoms with van der Waals surface area (Å²) in [7, 11) is -4.15. The molecule has 1 aromatic carbocycles. The molecule has 0 saturated carbocycles. The quantitative estimate of drug-likeness (QED) is 0.737. The van der Waals surface area contributed by atoms with Crippen LogP contribution in [-0.2, 0) is 27.4 Å². The van der Waals surface area contributed by atoms with Gasteiger partial charge in [0.1, 0.15) is 4.88 Å². The highest BCUT2D eigenvalue weighted by Gasteiger charge is 2.40. The van der Waals surface area contributed by atoms with E-state index < -0.39 is 37.9 Å². The molecular formula is C15H15F3N2O4S2. The number of benzene rings is 1. The summed E-state index contributed by atoms with van der Waals surface area (Å²) in [5.41, 5.74) is -0.581. The molecule has 0 aliphatic carbocycles. The van der Waals surface area contributed by atoms with Crippen molar-refractivity contribution in [1.29, 1.82) is 0 Å². The monoisotopic (exact) mass is 408 g/mol. The molecule has 0 unspecified atom stereocenters. The summed E-state index contributed by atoms with van der Waals surface area (Å²) in [6, 6.07) is 5.88. The first kappa shape index (κ1) is 20.2. The molecule has 11 heteroatoms. The first-order valence-corrected chi connectivity index (χ1v) is 9.75. The smallest absolute Gasteiger partial charge is 0.435 e. The number of esters is 1. The lowest BCUT2D eigenvalue weighted by Crippen LogP contribution is -2.14. The summed E-state index contributed by atoms with van der Waals surface area (Å²) in [6.45, 7) is 3.21. The fraction of sp³-hybridized carbons (Fsp3) is 0.333. The molecule has 142 valence electrons. The molecule has 0 fully saturated rings. The summed E-state index contributed by atoms with van der Waals surface area (Å²) >= 11 is 0.268. The van der Waals surface area contributed by atoms with E-state index in [0.717, 1.165) is 5.56 Å². The van der Waals surface area contributed by atoms with Gasteiger partial charge in [0, 0.05) is 0 Å². The zero-order valence-electron chi connectivity index (χ0n) is 13.8. The lowest BCUT2D eigenvalue weighted by atomic mass is 10.2. The second-order valence-corrected chi connectivity index (χ2v) is 7.70. The first-order valence-electron chi connectivity index (χ1n) is 7.45. The Morgan fingerprint density at radius 1 is 1.23 bits per heavy atom. The standard InChI is InChI=1S/C15H15F3N2O4S2/c1-3-9-5-7-10(8-6-9)26(22,23)20-14-19-12(15(16,17)18)11(25-14)13(21)24-4-2/h5-8H,3-4H2,1-2H3,(H,19,20). The molecule has 2 aromatic rings. The van der Waals surface area contributed by atoms with Gasteiger partial charge in [-0.3, -0.25) is 4.72 Å². The number of anilines is 1. The predicted molar refractivity (Wildman–Crippen MR) is 89.7 cm³/mol. The molecule has 1 heterocycles. The van der Waals surface area contributed by atoms with Crippen LogP contribution >= 0.6 is 11.3 Å². The minimum Gasteiger partial charge on any atom is -0.462 e. The van der Waals surface area contributed by atoms with Crippen molar-refractivity contribution in [2.75, 3.05) is 11.3 Å². The Morgan fingerprint density at radius 2 is 1.85 bits per heavy atom. The summed E-state index contributed by atoms with van der Waals surface area (Å²) in [5.74, 6) is -1.21. The molecule has 1 aromatic heterocycles. The first-order chi connectivity index (χ1) is 12.1.